The molecular weight excluding hydrogens is 348 g/mol. The van der Waals surface area contributed by atoms with E-state index in [0.717, 1.165) is 34.8 Å². The molecule has 0 aliphatic carbocycles. The van der Waals surface area contributed by atoms with E-state index in [1.54, 1.807) is 0 Å². The average Bonchev–Trinajstić information content (AvgIpc) is 3.20. The number of hydrogen-bond donors (Lipinski definition) is 0. The van der Waals surface area contributed by atoms with Gasteiger partial charge in [0.2, 0.25) is 6.23 Å². The molecule has 0 amide bonds. The third-order valence-corrected chi connectivity index (χ3v) is 5.28. The van der Waals surface area contributed by atoms with Crippen LogP contribution in [0.3, 0.4) is 0 Å². The van der Waals surface area contributed by atoms with Crippen molar-refractivity contribution < 1.29 is 9.47 Å². The number of fused-ring (bicyclic) bond motifs is 3. The number of hydrazone groups is 1. The molecule has 2 aliphatic heterocycles. The second kappa shape index (κ2) is 7.04. The van der Waals surface area contributed by atoms with Crippen molar-refractivity contribution in [3.63, 3.8) is 0 Å². The highest BCUT2D eigenvalue weighted by Gasteiger charge is 2.40. The Morgan fingerprint density at radius 3 is 2.50 bits per heavy atom. The van der Waals surface area contributed by atoms with E-state index in [9.17, 15) is 0 Å². The zero-order valence-electron chi connectivity index (χ0n) is 15.8. The Labute approximate surface area is 165 Å². The van der Waals surface area contributed by atoms with Gasteiger partial charge in [0, 0.05) is 17.5 Å². The minimum Gasteiger partial charge on any atom is -0.494 e. The molecule has 2 atom stereocenters. The van der Waals surface area contributed by atoms with Gasteiger partial charge in [0.15, 0.2) is 0 Å². The van der Waals surface area contributed by atoms with Gasteiger partial charge in [-0.05, 0) is 42.8 Å². The molecule has 0 radical (unpaired) electrons. The summed E-state index contributed by atoms with van der Waals surface area (Å²) in [7, 11) is 0. The highest BCUT2D eigenvalue weighted by molar-refractivity contribution is 6.02. The van der Waals surface area contributed by atoms with Crippen LogP contribution in [0.25, 0.3) is 0 Å². The van der Waals surface area contributed by atoms with Gasteiger partial charge in [0.25, 0.3) is 0 Å². The van der Waals surface area contributed by atoms with Gasteiger partial charge < -0.3 is 9.47 Å². The lowest BCUT2D eigenvalue weighted by Crippen LogP contribution is -2.33. The van der Waals surface area contributed by atoms with E-state index in [1.807, 2.05) is 43.3 Å². The predicted molar refractivity (Wildman–Crippen MR) is 110 cm³/mol. The van der Waals surface area contributed by atoms with E-state index in [0.29, 0.717) is 6.61 Å². The molecule has 28 heavy (non-hydrogen) atoms. The molecule has 2 heterocycles. The molecular formula is C24H22N2O2. The van der Waals surface area contributed by atoms with Gasteiger partial charge in [0.05, 0.1) is 18.4 Å². The molecule has 2 aliphatic rings. The fraction of sp³-hybridized carbons (Fsp3) is 0.208. The quantitative estimate of drug-likeness (QED) is 0.623. The summed E-state index contributed by atoms with van der Waals surface area (Å²) in [6.07, 6.45) is 0.638. The Hall–Kier alpha value is -3.27. The van der Waals surface area contributed by atoms with Crippen molar-refractivity contribution in [2.45, 2.75) is 25.6 Å². The fourth-order valence-corrected chi connectivity index (χ4v) is 3.96. The Bertz CT molecular complexity index is 999. The van der Waals surface area contributed by atoms with Crippen LogP contribution in [0.15, 0.2) is 84.0 Å². The number of nitrogens with zero attached hydrogens (tertiary/aromatic N) is 2. The smallest absolute Gasteiger partial charge is 0.213 e. The van der Waals surface area contributed by atoms with Gasteiger partial charge in [-0.1, -0.05) is 48.5 Å². The lowest BCUT2D eigenvalue weighted by Gasteiger charge is -2.38. The minimum absolute atomic E-state index is 0.178. The number of rotatable bonds is 4. The van der Waals surface area contributed by atoms with Crippen LogP contribution < -0.4 is 9.47 Å². The van der Waals surface area contributed by atoms with Crippen LogP contribution in [0.4, 0.5) is 0 Å². The Morgan fingerprint density at radius 2 is 1.71 bits per heavy atom. The summed E-state index contributed by atoms with van der Waals surface area (Å²) >= 11 is 0. The number of benzene rings is 3. The lowest BCUT2D eigenvalue weighted by atomic mass is 9.96. The van der Waals surface area contributed by atoms with Crippen LogP contribution in [-0.2, 0) is 0 Å². The molecule has 4 heteroatoms. The van der Waals surface area contributed by atoms with Crippen molar-refractivity contribution in [3.8, 4) is 11.5 Å². The van der Waals surface area contributed by atoms with Crippen molar-refractivity contribution in [2.24, 2.45) is 5.10 Å². The van der Waals surface area contributed by atoms with E-state index in [4.69, 9.17) is 14.6 Å². The molecule has 5 rings (SSSR count). The summed E-state index contributed by atoms with van der Waals surface area (Å²) < 4.78 is 11.9. The highest BCUT2D eigenvalue weighted by atomic mass is 16.5. The first-order valence-electron chi connectivity index (χ1n) is 9.73. The van der Waals surface area contributed by atoms with Gasteiger partial charge in [-0.15, -0.1) is 0 Å². The Kier molecular flexibility index (Phi) is 4.24. The summed E-state index contributed by atoms with van der Waals surface area (Å²) in [6, 6.07) is 27.0. The summed E-state index contributed by atoms with van der Waals surface area (Å²) in [5.41, 5.74) is 4.51. The van der Waals surface area contributed by atoms with E-state index in [2.05, 4.69) is 47.5 Å². The second-order valence-corrected chi connectivity index (χ2v) is 7.02. The molecule has 140 valence electrons. The van der Waals surface area contributed by atoms with Crippen molar-refractivity contribution in [1.29, 1.82) is 0 Å². The van der Waals surface area contributed by atoms with Crippen LogP contribution in [0.5, 0.6) is 11.5 Å². The molecule has 0 spiro atoms. The summed E-state index contributed by atoms with van der Waals surface area (Å²) in [4.78, 5) is 0. The highest BCUT2D eigenvalue weighted by Crippen LogP contribution is 2.47. The zero-order chi connectivity index (χ0) is 18.9. The molecule has 3 aromatic carbocycles. The van der Waals surface area contributed by atoms with E-state index in [1.165, 1.54) is 5.56 Å². The van der Waals surface area contributed by atoms with Crippen molar-refractivity contribution in [2.75, 3.05) is 6.61 Å². The van der Waals surface area contributed by atoms with Crippen LogP contribution in [0.1, 0.15) is 42.3 Å². The van der Waals surface area contributed by atoms with Gasteiger partial charge in [0.1, 0.15) is 11.5 Å². The molecule has 0 saturated heterocycles. The van der Waals surface area contributed by atoms with Crippen molar-refractivity contribution in [3.05, 3.63) is 95.6 Å². The SMILES string of the molecule is CCOc1ccc(C2=NN3[C@@H](c4ccccc4)Oc4ccccc4[C@@H]3C2)cc1. The molecule has 4 nitrogen and oxygen atoms in total. The zero-order valence-corrected chi connectivity index (χ0v) is 15.8. The topological polar surface area (TPSA) is 34.1 Å². The van der Waals surface area contributed by atoms with Gasteiger partial charge >= 0.3 is 0 Å². The lowest BCUT2D eigenvalue weighted by molar-refractivity contribution is -0.0190. The maximum atomic E-state index is 6.37. The van der Waals surface area contributed by atoms with Crippen LogP contribution >= 0.6 is 0 Å². The van der Waals surface area contributed by atoms with E-state index in [-0.39, 0.29) is 12.3 Å². The molecule has 0 fully saturated rings. The minimum atomic E-state index is -0.221. The average molecular weight is 370 g/mol. The summed E-state index contributed by atoms with van der Waals surface area (Å²) in [5.74, 6) is 1.83. The number of para-hydroxylation sites is 1. The van der Waals surface area contributed by atoms with E-state index >= 15 is 0 Å². The van der Waals surface area contributed by atoms with Crippen molar-refractivity contribution in [1.82, 2.24) is 5.01 Å². The standard InChI is InChI=1S/C24H22N2O2/c1-2-27-19-14-12-17(13-15-19)21-16-22-20-10-6-7-11-23(20)28-24(26(22)25-21)18-8-4-3-5-9-18/h3-15,22,24H,2,16H2,1H3/t22-,24+/m0/s1. The fourth-order valence-electron chi connectivity index (χ4n) is 3.96. The van der Waals surface area contributed by atoms with Crippen molar-refractivity contribution >= 4 is 5.71 Å². The number of hydrogen-bond acceptors (Lipinski definition) is 4. The Morgan fingerprint density at radius 1 is 0.964 bits per heavy atom. The predicted octanol–water partition coefficient (Wildman–Crippen LogP) is 5.33. The third kappa shape index (κ3) is 2.91. The van der Waals surface area contributed by atoms with Gasteiger partial charge in [-0.3, -0.25) is 0 Å². The first-order valence-corrected chi connectivity index (χ1v) is 9.73. The third-order valence-electron chi connectivity index (χ3n) is 5.28. The number of ether oxygens (including phenoxy) is 2. The maximum Gasteiger partial charge on any atom is 0.213 e. The monoisotopic (exact) mass is 370 g/mol. The van der Waals surface area contributed by atoms with Crippen LogP contribution in [0, 0.1) is 0 Å². The van der Waals surface area contributed by atoms with Crippen LogP contribution in [0.2, 0.25) is 0 Å². The van der Waals surface area contributed by atoms with E-state index < -0.39 is 0 Å². The van der Waals surface area contributed by atoms with Crippen LogP contribution in [-0.4, -0.2) is 17.3 Å². The molecule has 0 aromatic heterocycles. The molecule has 0 N–H and O–H groups in total. The van der Waals surface area contributed by atoms with Gasteiger partial charge in [-0.2, -0.15) is 5.10 Å². The second-order valence-electron chi connectivity index (χ2n) is 7.02. The molecule has 0 bridgehead atoms. The Balaban J connectivity index is 1.53. The first kappa shape index (κ1) is 16.9. The summed E-state index contributed by atoms with van der Waals surface area (Å²) in [5, 5.41) is 7.11. The molecule has 3 aromatic rings. The normalized spacial score (nSPS) is 20.0. The summed E-state index contributed by atoms with van der Waals surface area (Å²) in [6.45, 7) is 2.66. The maximum absolute atomic E-state index is 6.37. The largest absolute Gasteiger partial charge is 0.494 e. The molecule has 0 unspecified atom stereocenters. The van der Waals surface area contributed by atoms with Gasteiger partial charge in [-0.25, -0.2) is 5.01 Å². The molecule has 0 saturated carbocycles. The first-order chi connectivity index (χ1) is 13.8.